The van der Waals surface area contributed by atoms with Gasteiger partial charge in [-0.1, -0.05) is 23.2 Å². The fourth-order valence-corrected chi connectivity index (χ4v) is 2.04. The minimum absolute atomic E-state index is 0.0498. The third-order valence-corrected chi connectivity index (χ3v) is 3.28. The molecule has 0 heterocycles. The lowest BCUT2D eigenvalue weighted by molar-refractivity contribution is 0.274. The molecule has 2 nitrogen and oxygen atoms in total. The molecule has 0 atom stereocenters. The van der Waals surface area contributed by atoms with E-state index in [1.807, 2.05) is 0 Å². The minimum atomic E-state index is -0.802. The van der Waals surface area contributed by atoms with E-state index in [0.717, 1.165) is 12.1 Å². The molecule has 20 heavy (non-hydrogen) atoms. The van der Waals surface area contributed by atoms with Gasteiger partial charge in [-0.05, 0) is 35.9 Å². The Kier molecular flexibility index (Phi) is 4.81. The fourth-order valence-electron chi connectivity index (χ4n) is 1.67. The molecule has 0 aromatic heterocycles. The van der Waals surface area contributed by atoms with Crippen LogP contribution in [-0.4, -0.2) is 0 Å². The first-order valence-corrected chi connectivity index (χ1v) is 6.51. The molecule has 6 heteroatoms. The van der Waals surface area contributed by atoms with Crippen LogP contribution in [0, 0.1) is 11.6 Å². The largest absolute Gasteiger partial charge is 0.483 e. The predicted molar refractivity (Wildman–Crippen MR) is 75.0 cm³/mol. The number of nitrogens with two attached hydrogens (primary N) is 1. The van der Waals surface area contributed by atoms with Crippen LogP contribution >= 0.6 is 23.2 Å². The summed E-state index contributed by atoms with van der Waals surface area (Å²) in [6.07, 6.45) is 0. The van der Waals surface area contributed by atoms with Crippen LogP contribution in [0.15, 0.2) is 30.3 Å². The lowest BCUT2D eigenvalue weighted by Gasteiger charge is -2.11. The number of hydrogen-bond donors (Lipinski definition) is 1. The molecule has 2 aromatic carbocycles. The van der Waals surface area contributed by atoms with E-state index in [1.54, 1.807) is 18.2 Å². The zero-order valence-electron chi connectivity index (χ0n) is 10.3. The Bertz CT molecular complexity index is 612. The highest BCUT2D eigenvalue weighted by Gasteiger charge is 2.13. The minimum Gasteiger partial charge on any atom is -0.483 e. The second-order valence-electron chi connectivity index (χ2n) is 4.12. The number of benzene rings is 2. The zero-order valence-corrected chi connectivity index (χ0v) is 11.8. The van der Waals surface area contributed by atoms with E-state index in [9.17, 15) is 8.78 Å². The summed E-state index contributed by atoms with van der Waals surface area (Å²) >= 11 is 11.8. The van der Waals surface area contributed by atoms with E-state index in [2.05, 4.69) is 0 Å². The van der Waals surface area contributed by atoms with Crippen molar-refractivity contribution in [3.8, 4) is 5.75 Å². The highest BCUT2D eigenvalue weighted by molar-refractivity contribution is 6.33. The monoisotopic (exact) mass is 317 g/mol. The van der Waals surface area contributed by atoms with Crippen molar-refractivity contribution in [2.24, 2.45) is 5.73 Å². The molecule has 2 N–H and O–H groups in total. The van der Waals surface area contributed by atoms with Crippen molar-refractivity contribution >= 4 is 23.2 Å². The van der Waals surface area contributed by atoms with E-state index in [0.29, 0.717) is 21.2 Å². The molecular formula is C14H11Cl2F2NO. The van der Waals surface area contributed by atoms with E-state index >= 15 is 0 Å². The molecule has 0 saturated carbocycles. The molecule has 2 rings (SSSR count). The maximum atomic E-state index is 13.7. The van der Waals surface area contributed by atoms with Crippen molar-refractivity contribution in [1.29, 1.82) is 0 Å². The topological polar surface area (TPSA) is 35.2 Å². The lowest BCUT2D eigenvalue weighted by Crippen LogP contribution is -2.03. The molecule has 0 aliphatic rings. The highest BCUT2D eigenvalue weighted by atomic mass is 35.5. The van der Waals surface area contributed by atoms with Crippen LogP contribution in [-0.2, 0) is 13.2 Å². The van der Waals surface area contributed by atoms with Crippen LogP contribution in [0.1, 0.15) is 11.1 Å². The van der Waals surface area contributed by atoms with Crippen molar-refractivity contribution < 1.29 is 13.5 Å². The normalized spacial score (nSPS) is 10.7. The van der Waals surface area contributed by atoms with E-state index in [4.69, 9.17) is 33.7 Å². The number of ether oxygens (including phenoxy) is 1. The SMILES string of the molecule is NCc1cc(F)c(OCc2cc(Cl)ccc2Cl)c(F)c1. The molecule has 0 spiro atoms. The molecule has 0 bridgehead atoms. The number of rotatable bonds is 4. The van der Waals surface area contributed by atoms with Crippen LogP contribution in [0.25, 0.3) is 0 Å². The van der Waals surface area contributed by atoms with Crippen LogP contribution in [0.2, 0.25) is 10.0 Å². The smallest absolute Gasteiger partial charge is 0.191 e. The Hall–Kier alpha value is -1.36. The molecule has 0 unspecified atom stereocenters. The van der Waals surface area contributed by atoms with E-state index in [-0.39, 0.29) is 13.2 Å². The zero-order chi connectivity index (χ0) is 14.7. The van der Waals surface area contributed by atoms with Gasteiger partial charge in [0.25, 0.3) is 0 Å². The molecule has 0 radical (unpaired) electrons. The third kappa shape index (κ3) is 3.39. The maximum Gasteiger partial charge on any atom is 0.191 e. The summed E-state index contributed by atoms with van der Waals surface area (Å²) in [5.41, 5.74) is 6.23. The van der Waals surface area contributed by atoms with E-state index < -0.39 is 17.4 Å². The molecule has 0 saturated heterocycles. The number of hydrogen-bond acceptors (Lipinski definition) is 2. The van der Waals surface area contributed by atoms with Crippen molar-refractivity contribution in [3.63, 3.8) is 0 Å². The van der Waals surface area contributed by atoms with Gasteiger partial charge in [-0.3, -0.25) is 0 Å². The van der Waals surface area contributed by atoms with Gasteiger partial charge in [0.05, 0.1) is 0 Å². The Morgan fingerprint density at radius 3 is 2.30 bits per heavy atom. The van der Waals surface area contributed by atoms with Gasteiger partial charge in [0.2, 0.25) is 0 Å². The summed E-state index contributed by atoms with van der Waals surface area (Å²) in [6.45, 7) is -0.0382. The van der Waals surface area contributed by atoms with Gasteiger partial charge in [-0.25, -0.2) is 8.78 Å². The summed E-state index contributed by atoms with van der Waals surface area (Å²) < 4.78 is 32.6. The summed E-state index contributed by atoms with van der Waals surface area (Å²) in [6, 6.07) is 7.06. The molecule has 106 valence electrons. The summed E-state index contributed by atoms with van der Waals surface area (Å²) in [7, 11) is 0. The van der Waals surface area contributed by atoms with Gasteiger partial charge in [0.1, 0.15) is 6.61 Å². The first-order valence-electron chi connectivity index (χ1n) is 5.76. The Balaban J connectivity index is 2.21. The first kappa shape index (κ1) is 15.0. The fraction of sp³-hybridized carbons (Fsp3) is 0.143. The van der Waals surface area contributed by atoms with Crippen molar-refractivity contribution in [1.82, 2.24) is 0 Å². The summed E-state index contributed by atoms with van der Waals surface area (Å²) in [4.78, 5) is 0. The van der Waals surface area contributed by atoms with Gasteiger partial charge in [0.15, 0.2) is 17.4 Å². The van der Waals surface area contributed by atoms with Crippen LogP contribution < -0.4 is 10.5 Å². The summed E-state index contributed by atoms with van der Waals surface area (Å²) in [5.74, 6) is -2.06. The molecule has 0 fully saturated rings. The van der Waals surface area contributed by atoms with E-state index in [1.165, 1.54) is 0 Å². The average molecular weight is 318 g/mol. The van der Waals surface area contributed by atoms with Crippen LogP contribution in [0.5, 0.6) is 5.75 Å². The molecule has 0 aliphatic heterocycles. The second-order valence-corrected chi connectivity index (χ2v) is 4.96. The quantitative estimate of drug-likeness (QED) is 0.912. The maximum absolute atomic E-state index is 13.7. The van der Waals surface area contributed by atoms with Gasteiger partial charge in [0, 0.05) is 22.2 Å². The second kappa shape index (κ2) is 6.39. The molecule has 0 aliphatic carbocycles. The lowest BCUT2D eigenvalue weighted by atomic mass is 10.2. The first-order chi connectivity index (χ1) is 9.51. The van der Waals surface area contributed by atoms with Gasteiger partial charge in [-0.2, -0.15) is 0 Å². The third-order valence-electron chi connectivity index (χ3n) is 2.67. The molecular weight excluding hydrogens is 307 g/mol. The Morgan fingerprint density at radius 1 is 1.05 bits per heavy atom. The predicted octanol–water partition coefficient (Wildman–Crippen LogP) is 4.31. The summed E-state index contributed by atoms with van der Waals surface area (Å²) in [5, 5.41) is 0.876. The number of halogens is 4. The van der Waals surface area contributed by atoms with Crippen molar-refractivity contribution in [2.45, 2.75) is 13.2 Å². The Morgan fingerprint density at radius 2 is 1.70 bits per heavy atom. The molecule has 0 amide bonds. The van der Waals surface area contributed by atoms with Gasteiger partial charge >= 0.3 is 0 Å². The van der Waals surface area contributed by atoms with Gasteiger partial charge in [-0.15, -0.1) is 0 Å². The van der Waals surface area contributed by atoms with Gasteiger partial charge < -0.3 is 10.5 Å². The van der Waals surface area contributed by atoms with Crippen LogP contribution in [0.4, 0.5) is 8.78 Å². The average Bonchev–Trinajstić information content (AvgIpc) is 2.41. The van der Waals surface area contributed by atoms with Crippen molar-refractivity contribution in [3.05, 3.63) is 63.1 Å². The van der Waals surface area contributed by atoms with Crippen molar-refractivity contribution in [2.75, 3.05) is 0 Å². The van der Waals surface area contributed by atoms with Crippen LogP contribution in [0.3, 0.4) is 0 Å². The molecule has 2 aromatic rings. The Labute approximate surface area is 125 Å². The standard InChI is InChI=1S/C14H11Cl2F2NO/c15-10-1-2-11(16)9(5-10)7-20-14-12(17)3-8(6-19)4-13(14)18/h1-5H,6-7,19H2. The highest BCUT2D eigenvalue weighted by Crippen LogP contribution is 2.26.